The minimum atomic E-state index is 0.370. The van der Waals surface area contributed by atoms with Gasteiger partial charge in [0.1, 0.15) is 0 Å². The third-order valence-electron chi connectivity index (χ3n) is 3.10. The lowest BCUT2D eigenvalue weighted by atomic mass is 9.80. The third kappa shape index (κ3) is 2.50. The van der Waals surface area contributed by atoms with E-state index in [1.807, 2.05) is 0 Å². The van der Waals surface area contributed by atoms with Gasteiger partial charge in [-0.1, -0.05) is 19.8 Å². The van der Waals surface area contributed by atoms with E-state index in [0.29, 0.717) is 12.0 Å². The van der Waals surface area contributed by atoms with Crippen LogP contribution in [0.25, 0.3) is 0 Å². The molecule has 0 saturated heterocycles. The number of hydrogen-bond acceptors (Lipinski definition) is 1. The van der Waals surface area contributed by atoms with E-state index in [-0.39, 0.29) is 0 Å². The summed E-state index contributed by atoms with van der Waals surface area (Å²) in [7, 11) is 0. The van der Waals surface area contributed by atoms with Gasteiger partial charge in [-0.15, -0.1) is 0 Å². The van der Waals surface area contributed by atoms with Gasteiger partial charge in [0.05, 0.1) is 0 Å². The second kappa shape index (κ2) is 4.48. The Morgan fingerprint density at radius 2 is 1.92 bits per heavy atom. The molecule has 1 amide bonds. The monoisotopic (exact) mass is 169 g/mol. The number of nitrogens with one attached hydrogen (secondary N) is 1. The maximum Gasteiger partial charge on any atom is 0.207 e. The summed E-state index contributed by atoms with van der Waals surface area (Å²) in [5.74, 6) is 1.61. The number of carbonyl (C=O) groups excluding carboxylic acids is 1. The van der Waals surface area contributed by atoms with E-state index >= 15 is 0 Å². The molecule has 0 radical (unpaired) electrons. The fourth-order valence-electron chi connectivity index (χ4n) is 2.03. The number of amides is 1. The van der Waals surface area contributed by atoms with E-state index in [0.717, 1.165) is 12.3 Å². The fourth-order valence-corrected chi connectivity index (χ4v) is 2.03. The van der Waals surface area contributed by atoms with Gasteiger partial charge in [0.2, 0.25) is 6.41 Å². The number of rotatable bonds is 3. The van der Waals surface area contributed by atoms with Crippen molar-refractivity contribution in [3.63, 3.8) is 0 Å². The molecule has 1 fully saturated rings. The summed E-state index contributed by atoms with van der Waals surface area (Å²) in [6.45, 7) is 4.42. The van der Waals surface area contributed by atoms with Crippen LogP contribution in [0.1, 0.15) is 39.5 Å². The second-order valence-corrected chi connectivity index (χ2v) is 4.09. The van der Waals surface area contributed by atoms with Crippen molar-refractivity contribution in [3.05, 3.63) is 0 Å². The molecule has 1 aliphatic rings. The van der Waals surface area contributed by atoms with Crippen LogP contribution in [0.5, 0.6) is 0 Å². The van der Waals surface area contributed by atoms with Crippen LogP contribution in [0.2, 0.25) is 0 Å². The topological polar surface area (TPSA) is 29.1 Å². The summed E-state index contributed by atoms with van der Waals surface area (Å²) >= 11 is 0. The van der Waals surface area contributed by atoms with Crippen molar-refractivity contribution in [1.82, 2.24) is 5.32 Å². The van der Waals surface area contributed by atoms with Crippen LogP contribution in [0, 0.1) is 11.8 Å². The molecule has 70 valence electrons. The maximum absolute atomic E-state index is 10.2. The van der Waals surface area contributed by atoms with Crippen LogP contribution >= 0.6 is 0 Å². The van der Waals surface area contributed by atoms with Gasteiger partial charge in [-0.2, -0.15) is 0 Å². The van der Waals surface area contributed by atoms with Crippen molar-refractivity contribution in [2.24, 2.45) is 11.8 Å². The number of hydrogen-bond donors (Lipinski definition) is 1. The average Bonchev–Trinajstić information content (AvgIpc) is 2.06. The molecular weight excluding hydrogens is 150 g/mol. The Bertz CT molecular complexity index is 139. The molecule has 0 aromatic rings. The first-order chi connectivity index (χ1) is 5.74. The molecule has 1 rings (SSSR count). The molecule has 0 aliphatic heterocycles. The highest BCUT2D eigenvalue weighted by Gasteiger charge is 2.22. The van der Waals surface area contributed by atoms with Gasteiger partial charge in [-0.25, -0.2) is 0 Å². The molecule has 0 heterocycles. The van der Waals surface area contributed by atoms with Crippen molar-refractivity contribution in [2.45, 2.75) is 45.6 Å². The summed E-state index contributed by atoms with van der Waals surface area (Å²) in [4.78, 5) is 10.2. The van der Waals surface area contributed by atoms with Crippen LogP contribution in [0.4, 0.5) is 0 Å². The van der Waals surface area contributed by atoms with Crippen molar-refractivity contribution in [1.29, 1.82) is 0 Å². The van der Waals surface area contributed by atoms with Crippen LogP contribution in [-0.4, -0.2) is 12.5 Å². The summed E-state index contributed by atoms with van der Waals surface area (Å²) in [5, 5.41) is 2.85. The second-order valence-electron chi connectivity index (χ2n) is 4.09. The molecule has 1 N–H and O–H groups in total. The lowest BCUT2D eigenvalue weighted by molar-refractivity contribution is -0.110. The molecule has 1 aliphatic carbocycles. The summed E-state index contributed by atoms with van der Waals surface area (Å²) in [6, 6.07) is 0.370. The molecule has 2 heteroatoms. The molecule has 0 bridgehead atoms. The van der Waals surface area contributed by atoms with E-state index in [2.05, 4.69) is 19.2 Å². The lowest BCUT2D eigenvalue weighted by Crippen LogP contribution is -2.34. The Balaban J connectivity index is 2.28. The molecule has 0 aromatic heterocycles. The van der Waals surface area contributed by atoms with Crippen molar-refractivity contribution in [2.75, 3.05) is 0 Å². The quantitative estimate of drug-likeness (QED) is 0.643. The molecule has 12 heavy (non-hydrogen) atoms. The highest BCUT2D eigenvalue weighted by atomic mass is 16.1. The van der Waals surface area contributed by atoms with Crippen LogP contribution in [0.3, 0.4) is 0 Å². The first-order valence-corrected chi connectivity index (χ1v) is 4.93. The summed E-state index contributed by atoms with van der Waals surface area (Å²) < 4.78 is 0. The van der Waals surface area contributed by atoms with Crippen LogP contribution in [-0.2, 0) is 4.79 Å². The van der Waals surface area contributed by atoms with E-state index in [4.69, 9.17) is 0 Å². The normalized spacial score (nSPS) is 32.5. The van der Waals surface area contributed by atoms with E-state index in [1.165, 1.54) is 25.7 Å². The van der Waals surface area contributed by atoms with E-state index < -0.39 is 0 Å². The van der Waals surface area contributed by atoms with Gasteiger partial charge < -0.3 is 5.32 Å². The van der Waals surface area contributed by atoms with Gasteiger partial charge in [0.25, 0.3) is 0 Å². The van der Waals surface area contributed by atoms with Crippen LogP contribution in [0.15, 0.2) is 0 Å². The van der Waals surface area contributed by atoms with Crippen molar-refractivity contribution < 1.29 is 4.79 Å². The lowest BCUT2D eigenvalue weighted by Gasteiger charge is -2.30. The average molecular weight is 169 g/mol. The summed E-state index contributed by atoms with van der Waals surface area (Å²) in [6.07, 6.45) is 6.04. The molecule has 2 nitrogen and oxygen atoms in total. The zero-order valence-corrected chi connectivity index (χ0v) is 8.05. The SMILES string of the molecule is CC1CCC(C(C)NC=O)CC1. The Morgan fingerprint density at radius 1 is 1.33 bits per heavy atom. The molecule has 1 saturated carbocycles. The predicted molar refractivity (Wildman–Crippen MR) is 49.8 cm³/mol. The molecule has 0 aromatic carbocycles. The number of carbonyl (C=O) groups is 1. The predicted octanol–water partition coefficient (Wildman–Crippen LogP) is 1.95. The third-order valence-corrected chi connectivity index (χ3v) is 3.10. The minimum Gasteiger partial charge on any atom is -0.356 e. The van der Waals surface area contributed by atoms with Gasteiger partial charge in [0, 0.05) is 6.04 Å². The van der Waals surface area contributed by atoms with Crippen molar-refractivity contribution in [3.8, 4) is 0 Å². The Kier molecular flexibility index (Phi) is 3.57. The largest absolute Gasteiger partial charge is 0.356 e. The Labute approximate surface area is 74.7 Å². The Hall–Kier alpha value is -0.530. The van der Waals surface area contributed by atoms with Gasteiger partial charge in [-0.05, 0) is 31.6 Å². The van der Waals surface area contributed by atoms with Crippen molar-refractivity contribution >= 4 is 6.41 Å². The zero-order chi connectivity index (χ0) is 8.97. The van der Waals surface area contributed by atoms with Gasteiger partial charge in [-0.3, -0.25) is 4.79 Å². The van der Waals surface area contributed by atoms with E-state index in [1.54, 1.807) is 0 Å². The minimum absolute atomic E-state index is 0.370. The molecule has 0 spiro atoms. The first kappa shape index (κ1) is 9.56. The van der Waals surface area contributed by atoms with Gasteiger partial charge in [0.15, 0.2) is 0 Å². The van der Waals surface area contributed by atoms with E-state index in [9.17, 15) is 4.79 Å². The Morgan fingerprint density at radius 3 is 2.42 bits per heavy atom. The van der Waals surface area contributed by atoms with Gasteiger partial charge >= 0.3 is 0 Å². The highest BCUT2D eigenvalue weighted by molar-refractivity contribution is 5.46. The first-order valence-electron chi connectivity index (χ1n) is 4.93. The maximum atomic E-state index is 10.2. The molecular formula is C10H19NO. The molecule has 1 atom stereocenters. The molecule has 1 unspecified atom stereocenters. The van der Waals surface area contributed by atoms with Crippen LogP contribution < -0.4 is 5.32 Å². The fraction of sp³-hybridized carbons (Fsp3) is 0.900. The zero-order valence-electron chi connectivity index (χ0n) is 8.05. The standard InChI is InChI=1S/C10H19NO/c1-8-3-5-10(6-4-8)9(2)11-7-12/h7-10H,3-6H2,1-2H3,(H,11,12). The smallest absolute Gasteiger partial charge is 0.207 e. The summed E-state index contributed by atoms with van der Waals surface area (Å²) in [5.41, 5.74) is 0. The highest BCUT2D eigenvalue weighted by Crippen LogP contribution is 2.30.